The summed E-state index contributed by atoms with van der Waals surface area (Å²) in [7, 11) is 0. The van der Waals surface area contributed by atoms with Crippen molar-refractivity contribution in [1.29, 1.82) is 0 Å². The molecule has 1 saturated heterocycles. The molecular weight excluding hydrogens is 321 g/mol. The minimum Gasteiger partial charge on any atom is -0.391 e. The number of anilines is 1. The third kappa shape index (κ3) is 4.07. The number of aliphatic hydroxyl groups excluding tert-OH is 1. The van der Waals surface area contributed by atoms with Crippen LogP contribution in [0.3, 0.4) is 0 Å². The van der Waals surface area contributed by atoms with Crippen LogP contribution in [0.25, 0.3) is 0 Å². The Morgan fingerprint density at radius 1 is 1.67 bits per heavy atom. The van der Waals surface area contributed by atoms with Gasteiger partial charge in [-0.15, -0.1) is 0 Å². The van der Waals surface area contributed by atoms with E-state index in [4.69, 9.17) is 15.0 Å². The molecule has 4 atom stereocenters. The minimum absolute atomic E-state index is 0.0790. The molecule has 118 valence electrons. The molecule has 21 heavy (non-hydrogen) atoms. The number of hydrogen-bond acceptors (Lipinski definition) is 7. The number of hydrogen-bond donors (Lipinski definition) is 4. The Bertz CT molecular complexity index is 617. The predicted octanol–water partition coefficient (Wildman–Crippen LogP) is -0.912. The van der Waals surface area contributed by atoms with Crippen LogP contribution >= 0.6 is 6.72 Å². The lowest BCUT2D eigenvalue weighted by Crippen LogP contribution is -2.33. The van der Waals surface area contributed by atoms with Gasteiger partial charge in [0.1, 0.15) is 24.3 Å². The Hall–Kier alpha value is -0.870. The summed E-state index contributed by atoms with van der Waals surface area (Å²) in [6.07, 6.45) is -1.89. The zero-order chi connectivity index (χ0) is 15.8. The van der Waals surface area contributed by atoms with E-state index < -0.39 is 36.9 Å². The molecule has 0 amide bonds. The van der Waals surface area contributed by atoms with Crippen LogP contribution in [0, 0.1) is 0 Å². The van der Waals surface area contributed by atoms with Crippen molar-refractivity contribution in [3.8, 4) is 0 Å². The molecule has 1 fully saturated rings. The second-order valence-corrected chi connectivity index (χ2v) is 7.33. The zero-order valence-corrected chi connectivity index (χ0v) is 12.8. The van der Waals surface area contributed by atoms with Gasteiger partial charge in [0.25, 0.3) is 0 Å². The zero-order valence-electron chi connectivity index (χ0n) is 11.1. The molecule has 0 spiro atoms. The largest absolute Gasteiger partial charge is 0.391 e. The van der Waals surface area contributed by atoms with Crippen LogP contribution in [0.4, 0.5) is 5.82 Å². The smallest absolute Gasteiger partial charge is 0.351 e. The fraction of sp³-hybridized carbons (Fsp3) is 0.600. The van der Waals surface area contributed by atoms with Crippen LogP contribution in [0.1, 0.15) is 19.6 Å². The van der Waals surface area contributed by atoms with Gasteiger partial charge in [-0.2, -0.15) is 4.98 Å². The van der Waals surface area contributed by atoms with E-state index in [0.29, 0.717) is 0 Å². The van der Waals surface area contributed by atoms with E-state index in [2.05, 4.69) is 16.8 Å². The monoisotopic (exact) mass is 337 g/mol. The predicted molar refractivity (Wildman–Crippen MR) is 76.7 cm³/mol. The second kappa shape index (κ2) is 6.09. The molecule has 9 nitrogen and oxygen atoms in total. The SMILES string of the molecule is CC(O)[C@H]1O[C@@H](n2ccc(N)nc2=O)C[C@@H]1OP(O)(O)=S. The molecular formula is C10H16N3O6PS. The van der Waals surface area contributed by atoms with Gasteiger partial charge >= 0.3 is 12.4 Å². The lowest BCUT2D eigenvalue weighted by Gasteiger charge is -2.22. The van der Waals surface area contributed by atoms with E-state index in [-0.39, 0.29) is 12.2 Å². The van der Waals surface area contributed by atoms with Gasteiger partial charge in [0.2, 0.25) is 0 Å². The molecule has 0 radical (unpaired) electrons. The number of aliphatic hydroxyl groups is 1. The van der Waals surface area contributed by atoms with Crippen molar-refractivity contribution in [2.45, 2.75) is 37.9 Å². The van der Waals surface area contributed by atoms with Crippen molar-refractivity contribution >= 4 is 24.3 Å². The first-order chi connectivity index (χ1) is 9.67. The minimum atomic E-state index is -3.91. The summed E-state index contributed by atoms with van der Waals surface area (Å²) >= 11 is 4.42. The summed E-state index contributed by atoms with van der Waals surface area (Å²) in [6, 6.07) is 1.43. The van der Waals surface area contributed by atoms with Crippen molar-refractivity contribution in [2.75, 3.05) is 5.73 Å². The topological polar surface area (TPSA) is 140 Å². The van der Waals surface area contributed by atoms with Crippen molar-refractivity contribution in [1.82, 2.24) is 9.55 Å². The molecule has 0 saturated carbocycles. The normalized spacial score (nSPS) is 27.7. The van der Waals surface area contributed by atoms with E-state index >= 15 is 0 Å². The summed E-state index contributed by atoms with van der Waals surface area (Å²) in [5, 5.41) is 9.68. The number of nitrogens with zero attached hydrogens (tertiary/aromatic N) is 2. The average molecular weight is 337 g/mol. The summed E-state index contributed by atoms with van der Waals surface area (Å²) in [4.78, 5) is 33.8. The summed E-state index contributed by atoms with van der Waals surface area (Å²) in [6.45, 7) is -2.45. The quantitative estimate of drug-likeness (QED) is 0.514. The summed E-state index contributed by atoms with van der Waals surface area (Å²) in [5.74, 6) is 0.0790. The van der Waals surface area contributed by atoms with Crippen LogP contribution in [-0.4, -0.2) is 42.8 Å². The van der Waals surface area contributed by atoms with Crippen molar-refractivity contribution in [3.63, 3.8) is 0 Å². The van der Waals surface area contributed by atoms with Crippen LogP contribution in [0.2, 0.25) is 0 Å². The summed E-state index contributed by atoms with van der Waals surface area (Å²) in [5.41, 5.74) is 4.79. The molecule has 11 heteroatoms. The Labute approximate surface area is 125 Å². The van der Waals surface area contributed by atoms with Gasteiger partial charge in [-0.3, -0.25) is 4.57 Å². The van der Waals surface area contributed by atoms with Crippen molar-refractivity contribution < 1.29 is 24.2 Å². The molecule has 1 aromatic heterocycles. The maximum atomic E-state index is 11.8. The Morgan fingerprint density at radius 2 is 2.33 bits per heavy atom. The molecule has 0 aromatic carbocycles. The van der Waals surface area contributed by atoms with Gasteiger partial charge in [0, 0.05) is 12.6 Å². The summed E-state index contributed by atoms with van der Waals surface area (Å²) < 4.78 is 11.7. The average Bonchev–Trinajstić information content (AvgIpc) is 2.70. The highest BCUT2D eigenvalue weighted by molar-refractivity contribution is 8.06. The number of nitrogen functional groups attached to an aromatic ring is 1. The molecule has 0 aliphatic carbocycles. The van der Waals surface area contributed by atoms with Crippen LogP contribution in [-0.2, 0) is 21.1 Å². The molecule has 1 aromatic rings. The Balaban J connectivity index is 2.24. The van der Waals surface area contributed by atoms with Crippen LogP contribution < -0.4 is 11.4 Å². The van der Waals surface area contributed by atoms with E-state index in [1.54, 1.807) is 0 Å². The maximum absolute atomic E-state index is 11.8. The maximum Gasteiger partial charge on any atom is 0.351 e. The van der Waals surface area contributed by atoms with Gasteiger partial charge < -0.3 is 29.9 Å². The molecule has 0 bridgehead atoms. The van der Waals surface area contributed by atoms with E-state index in [1.807, 2.05) is 0 Å². The van der Waals surface area contributed by atoms with E-state index in [1.165, 1.54) is 23.8 Å². The lowest BCUT2D eigenvalue weighted by atomic mass is 10.1. The first-order valence-corrected chi connectivity index (χ1v) is 8.72. The van der Waals surface area contributed by atoms with Gasteiger partial charge in [-0.1, -0.05) is 0 Å². The van der Waals surface area contributed by atoms with Crippen molar-refractivity contribution in [2.24, 2.45) is 0 Å². The van der Waals surface area contributed by atoms with Gasteiger partial charge in [0.15, 0.2) is 0 Å². The molecule has 1 aliphatic heterocycles. The van der Waals surface area contributed by atoms with Crippen LogP contribution in [0.5, 0.6) is 0 Å². The number of rotatable bonds is 4. The third-order valence-corrected chi connectivity index (χ3v) is 3.83. The fourth-order valence-corrected chi connectivity index (χ4v) is 3.08. The fourth-order valence-electron chi connectivity index (χ4n) is 2.19. The highest BCUT2D eigenvalue weighted by atomic mass is 32.5. The molecule has 1 unspecified atom stereocenters. The number of aromatic nitrogens is 2. The first kappa shape index (κ1) is 16.5. The number of nitrogens with two attached hydrogens (primary N) is 1. The van der Waals surface area contributed by atoms with Gasteiger partial charge in [0.05, 0.1) is 6.10 Å². The van der Waals surface area contributed by atoms with E-state index in [0.717, 1.165) is 0 Å². The molecule has 5 N–H and O–H groups in total. The Morgan fingerprint density at radius 3 is 2.86 bits per heavy atom. The lowest BCUT2D eigenvalue weighted by molar-refractivity contribution is -0.0744. The third-order valence-electron chi connectivity index (χ3n) is 3.02. The molecule has 2 heterocycles. The van der Waals surface area contributed by atoms with Gasteiger partial charge in [-0.25, -0.2) is 4.79 Å². The first-order valence-electron chi connectivity index (χ1n) is 6.09. The van der Waals surface area contributed by atoms with Crippen molar-refractivity contribution in [3.05, 3.63) is 22.7 Å². The second-order valence-electron chi connectivity index (χ2n) is 4.71. The molecule has 2 rings (SSSR count). The molecule has 1 aliphatic rings. The Kier molecular flexibility index (Phi) is 4.79. The van der Waals surface area contributed by atoms with Gasteiger partial charge in [-0.05, 0) is 24.8 Å². The number of ether oxygens (including phenoxy) is 1. The highest BCUT2D eigenvalue weighted by Gasteiger charge is 2.42. The van der Waals surface area contributed by atoms with E-state index in [9.17, 15) is 19.7 Å². The standard InChI is InChI=1S/C10H16N3O6PS/c1-5(14)9-6(19-20(16,17)21)4-8(18-9)13-3-2-7(11)12-10(13)15/h2-3,5-6,8-9,14H,4H2,1H3,(H2,11,12,15)(H2,16,17,21)/t5?,6-,8+,9+/m0/s1. The highest BCUT2D eigenvalue weighted by Crippen LogP contribution is 2.44. The van der Waals surface area contributed by atoms with Crippen LogP contribution in [0.15, 0.2) is 17.1 Å².